The monoisotopic (exact) mass is 914 g/mol. The van der Waals surface area contributed by atoms with Crippen LogP contribution in [0.1, 0.15) is 16.7 Å². The van der Waals surface area contributed by atoms with Gasteiger partial charge in [0.2, 0.25) is 0 Å². The molecular formula is C64H34N8. The average Bonchev–Trinajstić information content (AvgIpc) is 3.96. The van der Waals surface area contributed by atoms with Crippen LogP contribution in [0.15, 0.2) is 206 Å². The van der Waals surface area contributed by atoms with Crippen molar-refractivity contribution in [3.8, 4) is 85.5 Å². The zero-order chi connectivity index (χ0) is 48.9. The molecule has 8 nitrogen and oxygen atoms in total. The summed E-state index contributed by atoms with van der Waals surface area (Å²) in [7, 11) is 0. The highest BCUT2D eigenvalue weighted by atomic mass is 15.0. The Labute approximate surface area is 414 Å². The van der Waals surface area contributed by atoms with Gasteiger partial charge in [-0.25, -0.2) is 14.7 Å². The first-order valence-electron chi connectivity index (χ1n) is 23.1. The molecule has 0 unspecified atom stereocenters. The number of fused-ring (bicyclic) bond motifs is 6. The van der Waals surface area contributed by atoms with Crippen molar-refractivity contribution in [2.45, 2.75) is 0 Å². The average molecular weight is 915 g/mol. The van der Waals surface area contributed by atoms with Crippen molar-refractivity contribution >= 4 is 55.0 Å². The van der Waals surface area contributed by atoms with Gasteiger partial charge in [-0.3, -0.25) is 0 Å². The van der Waals surface area contributed by atoms with E-state index in [4.69, 9.17) is 18.1 Å². The van der Waals surface area contributed by atoms with Gasteiger partial charge in [0.1, 0.15) is 11.6 Å². The van der Waals surface area contributed by atoms with Gasteiger partial charge in [-0.05, 0) is 112 Å². The van der Waals surface area contributed by atoms with Gasteiger partial charge >= 0.3 is 0 Å². The third kappa shape index (κ3) is 7.00. The number of nitriles is 3. The van der Waals surface area contributed by atoms with E-state index in [2.05, 4.69) is 134 Å². The van der Waals surface area contributed by atoms with Gasteiger partial charge in [-0.1, -0.05) is 127 Å². The van der Waals surface area contributed by atoms with E-state index < -0.39 is 0 Å². The Morgan fingerprint density at radius 2 is 0.903 bits per heavy atom. The fraction of sp³-hybridized carbons (Fsp3) is 0. The second-order valence-electron chi connectivity index (χ2n) is 17.4. The Bertz CT molecular complexity index is 4180. The van der Waals surface area contributed by atoms with Gasteiger partial charge in [0.05, 0.1) is 70.1 Å². The predicted octanol–water partition coefficient (Wildman–Crippen LogP) is 16.3. The molecule has 0 fully saturated rings. The summed E-state index contributed by atoms with van der Waals surface area (Å²) in [6, 6.07) is 75.0. The minimum Gasteiger partial charge on any atom is -0.308 e. The lowest BCUT2D eigenvalue weighted by atomic mass is 9.96. The maximum absolute atomic E-state index is 11.7. The zero-order valence-corrected chi connectivity index (χ0v) is 38.2. The molecule has 12 aromatic rings. The van der Waals surface area contributed by atoms with Crippen LogP contribution in [0.25, 0.3) is 121 Å². The minimum atomic E-state index is 0.394. The van der Waals surface area contributed by atoms with E-state index in [1.807, 2.05) is 84.9 Å². The highest BCUT2D eigenvalue weighted by Gasteiger charge is 2.24. The highest BCUT2D eigenvalue weighted by Crippen LogP contribution is 2.44. The third-order valence-electron chi connectivity index (χ3n) is 13.5. The first kappa shape index (κ1) is 42.5. The maximum Gasteiger partial charge on any atom is 0.196 e. The third-order valence-corrected chi connectivity index (χ3v) is 13.5. The molecule has 3 aromatic heterocycles. The summed E-state index contributed by atoms with van der Waals surface area (Å²) in [4.78, 5) is 12.6. The molecule has 8 heteroatoms. The van der Waals surface area contributed by atoms with Crippen molar-refractivity contribution in [2.75, 3.05) is 0 Å². The molecule has 12 rings (SSSR count). The summed E-state index contributed by atoms with van der Waals surface area (Å²) in [5.41, 5.74) is 15.4. The van der Waals surface area contributed by atoms with E-state index in [0.717, 1.165) is 99.5 Å². The molecule has 9 aromatic carbocycles. The van der Waals surface area contributed by atoms with Crippen LogP contribution >= 0.6 is 0 Å². The van der Waals surface area contributed by atoms with Gasteiger partial charge in [0, 0.05) is 43.8 Å². The Morgan fingerprint density at radius 3 is 1.43 bits per heavy atom. The van der Waals surface area contributed by atoms with Crippen LogP contribution in [0, 0.1) is 47.1 Å². The molecule has 0 amide bonds. The van der Waals surface area contributed by atoms with Crippen molar-refractivity contribution in [1.29, 1.82) is 15.8 Å². The molecule has 3 heterocycles. The number of nitrogens with zero attached hydrogens (tertiary/aromatic N) is 8. The van der Waals surface area contributed by atoms with Gasteiger partial charge in [-0.2, -0.15) is 15.8 Å². The minimum absolute atomic E-state index is 0.394. The van der Waals surface area contributed by atoms with Crippen LogP contribution in [-0.4, -0.2) is 14.1 Å². The Morgan fingerprint density at radius 1 is 0.389 bits per heavy atom. The second kappa shape index (κ2) is 17.4. The second-order valence-corrected chi connectivity index (χ2v) is 17.4. The van der Waals surface area contributed by atoms with Crippen molar-refractivity contribution < 1.29 is 0 Å². The number of hydrogen-bond donors (Lipinski definition) is 0. The number of para-hydroxylation sites is 2. The molecule has 0 spiro atoms. The lowest BCUT2D eigenvalue weighted by Gasteiger charge is -2.19. The van der Waals surface area contributed by atoms with Gasteiger partial charge in [0.15, 0.2) is 11.4 Å². The molecule has 0 bridgehead atoms. The van der Waals surface area contributed by atoms with Crippen LogP contribution in [0.5, 0.6) is 0 Å². The van der Waals surface area contributed by atoms with Crippen molar-refractivity contribution in [3.63, 3.8) is 0 Å². The van der Waals surface area contributed by atoms with Crippen molar-refractivity contribution in [3.05, 3.63) is 246 Å². The molecule has 0 aliphatic heterocycles. The van der Waals surface area contributed by atoms with E-state index in [1.165, 1.54) is 0 Å². The van der Waals surface area contributed by atoms with Crippen molar-refractivity contribution in [1.82, 2.24) is 14.1 Å². The first-order valence-corrected chi connectivity index (χ1v) is 23.1. The Hall–Kier alpha value is -10.8. The Kier molecular flexibility index (Phi) is 10.3. The molecule has 0 atom stereocenters. The summed E-state index contributed by atoms with van der Waals surface area (Å²) in [5, 5.41) is 35.4. The van der Waals surface area contributed by atoms with Crippen LogP contribution in [0.2, 0.25) is 0 Å². The molecule has 0 saturated carbocycles. The highest BCUT2D eigenvalue weighted by molar-refractivity contribution is 6.13. The van der Waals surface area contributed by atoms with E-state index in [1.54, 1.807) is 24.3 Å². The van der Waals surface area contributed by atoms with E-state index in [-0.39, 0.29) is 0 Å². The zero-order valence-electron chi connectivity index (χ0n) is 38.2. The quantitative estimate of drug-likeness (QED) is 0.149. The lowest BCUT2D eigenvalue weighted by Crippen LogP contribution is -2.05. The summed E-state index contributed by atoms with van der Waals surface area (Å²) in [6.07, 6.45) is 0. The van der Waals surface area contributed by atoms with Gasteiger partial charge in [0.25, 0.3) is 0 Å². The molecule has 0 N–H and O–H groups in total. The fourth-order valence-corrected chi connectivity index (χ4v) is 10.1. The molecule has 330 valence electrons. The van der Waals surface area contributed by atoms with E-state index in [0.29, 0.717) is 39.4 Å². The molecular weight excluding hydrogens is 881 g/mol. The fourth-order valence-electron chi connectivity index (χ4n) is 10.1. The summed E-state index contributed by atoms with van der Waals surface area (Å²) in [6.45, 7) is 15.5. The summed E-state index contributed by atoms with van der Waals surface area (Å²) in [5.74, 6) is 0. The smallest absolute Gasteiger partial charge is 0.196 e. The SMILES string of the molecule is [C-]#[N+]c1ccc(-c2ccc3c(c2)c2ccccc2n3-c2cc(-c3cc(-c4ccccc4)nc(-c4ccccc4)c3)cc(-n3c4ccccc4c4cc(-c5ccc(C#N)cc5[N+]#[C-])ccc43)c2C#N)c(C#N)c1. The van der Waals surface area contributed by atoms with Gasteiger partial charge < -0.3 is 9.13 Å². The summed E-state index contributed by atoms with van der Waals surface area (Å²) >= 11 is 0. The van der Waals surface area contributed by atoms with Gasteiger partial charge in [-0.15, -0.1) is 0 Å². The molecule has 72 heavy (non-hydrogen) atoms. The van der Waals surface area contributed by atoms with Crippen LogP contribution in [0.3, 0.4) is 0 Å². The number of hydrogen-bond acceptors (Lipinski definition) is 4. The number of rotatable bonds is 7. The summed E-state index contributed by atoms with van der Waals surface area (Å²) < 4.78 is 4.35. The van der Waals surface area contributed by atoms with E-state index in [9.17, 15) is 15.8 Å². The predicted molar refractivity (Wildman–Crippen MR) is 287 cm³/mol. The first-order chi connectivity index (χ1) is 35.5. The molecule has 0 radical (unpaired) electrons. The van der Waals surface area contributed by atoms with Crippen LogP contribution < -0.4 is 0 Å². The van der Waals surface area contributed by atoms with Crippen molar-refractivity contribution in [2.24, 2.45) is 0 Å². The number of pyridine rings is 1. The topological polar surface area (TPSA) is 103 Å². The Balaban J connectivity index is 1.17. The molecule has 0 saturated heterocycles. The normalized spacial score (nSPS) is 11.0. The largest absolute Gasteiger partial charge is 0.308 e. The molecule has 0 aliphatic rings. The maximum atomic E-state index is 11.7. The number of aromatic nitrogens is 3. The molecule has 0 aliphatic carbocycles. The van der Waals surface area contributed by atoms with Crippen LogP contribution in [0.4, 0.5) is 11.4 Å². The number of benzene rings is 9. The van der Waals surface area contributed by atoms with E-state index >= 15 is 0 Å². The standard InChI is InChI=1S/C64H34N8/c1-68-48-24-26-49(47(30-48)38-66)43-22-27-61-53(31-43)51-17-9-11-19-59(51)71(61)63-35-46(45-33-56(41-13-5-3-6-14-41)70-57(34-45)42-15-7-4-8-16-42)36-64(55(63)39-67)72-60-20-12-10-18-52(60)54-32-44(23-28-62(54)72)50-25-21-40(37-65)29-58(50)69-2/h3-36H. The lowest BCUT2D eigenvalue weighted by molar-refractivity contribution is 1.12. The van der Waals surface area contributed by atoms with Crippen LogP contribution in [-0.2, 0) is 0 Å².